The topological polar surface area (TPSA) is 72.9 Å². The van der Waals surface area contributed by atoms with E-state index in [1.54, 1.807) is 10.9 Å². The Bertz CT molecular complexity index is 617. The number of anilines is 1. The molecule has 3 N–H and O–H groups in total. The molecular formula is C17H22N4O. The predicted octanol–water partition coefficient (Wildman–Crippen LogP) is 2.72. The number of hydrogen-bond donors (Lipinski definition) is 2. The fourth-order valence-electron chi connectivity index (χ4n) is 3.08. The molecule has 2 aromatic rings. The summed E-state index contributed by atoms with van der Waals surface area (Å²) < 4.78 is 1.76. The molecule has 0 saturated heterocycles. The van der Waals surface area contributed by atoms with E-state index in [1.165, 1.54) is 19.3 Å². The van der Waals surface area contributed by atoms with Gasteiger partial charge < -0.3 is 11.1 Å². The van der Waals surface area contributed by atoms with Crippen LogP contribution in [-0.2, 0) is 4.79 Å². The quantitative estimate of drug-likeness (QED) is 0.911. The molecule has 1 aromatic heterocycles. The van der Waals surface area contributed by atoms with Crippen LogP contribution in [0.2, 0.25) is 0 Å². The number of hydrogen-bond acceptors (Lipinski definition) is 3. The SMILES string of the molecule is N[C@H](C(=O)Nc1cccc(-n2cccn2)c1)C1CCCCC1. The molecule has 1 saturated carbocycles. The third-order valence-electron chi connectivity index (χ3n) is 4.34. The highest BCUT2D eigenvalue weighted by atomic mass is 16.2. The fraction of sp³-hybridized carbons (Fsp3) is 0.412. The lowest BCUT2D eigenvalue weighted by Gasteiger charge is -2.26. The summed E-state index contributed by atoms with van der Waals surface area (Å²) in [4.78, 5) is 12.4. The van der Waals surface area contributed by atoms with Gasteiger partial charge in [-0.3, -0.25) is 4.79 Å². The minimum Gasteiger partial charge on any atom is -0.325 e. The molecule has 1 atom stereocenters. The summed E-state index contributed by atoms with van der Waals surface area (Å²) in [5, 5.41) is 7.13. The van der Waals surface area contributed by atoms with Gasteiger partial charge in [0.2, 0.25) is 5.91 Å². The van der Waals surface area contributed by atoms with Crippen LogP contribution < -0.4 is 11.1 Å². The zero-order valence-electron chi connectivity index (χ0n) is 12.6. The molecule has 1 fully saturated rings. The van der Waals surface area contributed by atoms with Crippen LogP contribution in [0.1, 0.15) is 32.1 Å². The summed E-state index contributed by atoms with van der Waals surface area (Å²) in [7, 11) is 0. The molecule has 0 aliphatic heterocycles. The Morgan fingerprint density at radius 1 is 1.27 bits per heavy atom. The number of rotatable bonds is 4. The highest BCUT2D eigenvalue weighted by Gasteiger charge is 2.26. The fourth-order valence-corrected chi connectivity index (χ4v) is 3.08. The highest BCUT2D eigenvalue weighted by molar-refractivity contribution is 5.95. The average Bonchev–Trinajstić information content (AvgIpc) is 3.10. The zero-order valence-corrected chi connectivity index (χ0v) is 12.6. The summed E-state index contributed by atoms with van der Waals surface area (Å²) in [6, 6.07) is 9.07. The maximum Gasteiger partial charge on any atom is 0.241 e. The van der Waals surface area contributed by atoms with Crippen molar-refractivity contribution < 1.29 is 4.79 Å². The molecule has 116 valence electrons. The lowest BCUT2D eigenvalue weighted by Crippen LogP contribution is -2.42. The van der Waals surface area contributed by atoms with Gasteiger partial charge in [0.15, 0.2) is 0 Å². The lowest BCUT2D eigenvalue weighted by molar-refractivity contribution is -0.118. The summed E-state index contributed by atoms with van der Waals surface area (Å²) >= 11 is 0. The number of nitrogens with two attached hydrogens (primary N) is 1. The van der Waals surface area contributed by atoms with E-state index in [4.69, 9.17) is 5.73 Å². The molecule has 1 amide bonds. The number of benzene rings is 1. The van der Waals surface area contributed by atoms with Crippen LogP contribution in [0.3, 0.4) is 0 Å². The van der Waals surface area contributed by atoms with Crippen molar-refractivity contribution in [2.24, 2.45) is 11.7 Å². The van der Waals surface area contributed by atoms with Gasteiger partial charge >= 0.3 is 0 Å². The van der Waals surface area contributed by atoms with Gasteiger partial charge in [0.05, 0.1) is 11.7 Å². The Morgan fingerprint density at radius 2 is 2.09 bits per heavy atom. The molecule has 1 aromatic carbocycles. The Hall–Kier alpha value is -2.14. The van der Waals surface area contributed by atoms with Crippen LogP contribution >= 0.6 is 0 Å². The molecule has 1 aliphatic rings. The van der Waals surface area contributed by atoms with Gasteiger partial charge in [-0.15, -0.1) is 0 Å². The van der Waals surface area contributed by atoms with Crippen molar-refractivity contribution in [3.05, 3.63) is 42.7 Å². The molecule has 3 rings (SSSR count). The Kier molecular flexibility index (Phi) is 4.53. The molecule has 0 bridgehead atoms. The van der Waals surface area contributed by atoms with Crippen LogP contribution in [0.15, 0.2) is 42.7 Å². The molecule has 0 radical (unpaired) electrons. The van der Waals surface area contributed by atoms with Crippen molar-refractivity contribution in [3.63, 3.8) is 0 Å². The van der Waals surface area contributed by atoms with Gasteiger partial charge in [0, 0.05) is 18.1 Å². The molecule has 1 heterocycles. The minimum atomic E-state index is -0.423. The van der Waals surface area contributed by atoms with E-state index in [0.717, 1.165) is 24.2 Å². The number of aromatic nitrogens is 2. The van der Waals surface area contributed by atoms with Gasteiger partial charge in [0.1, 0.15) is 0 Å². The van der Waals surface area contributed by atoms with Crippen LogP contribution in [0, 0.1) is 5.92 Å². The van der Waals surface area contributed by atoms with E-state index in [0.29, 0.717) is 5.92 Å². The van der Waals surface area contributed by atoms with E-state index < -0.39 is 6.04 Å². The number of nitrogens with zero attached hydrogens (tertiary/aromatic N) is 2. The molecule has 5 nitrogen and oxygen atoms in total. The first-order valence-corrected chi connectivity index (χ1v) is 7.90. The number of carbonyl (C=O) groups is 1. The van der Waals surface area contributed by atoms with Crippen molar-refractivity contribution in [1.29, 1.82) is 0 Å². The normalized spacial score (nSPS) is 17.1. The zero-order chi connectivity index (χ0) is 15.4. The monoisotopic (exact) mass is 298 g/mol. The van der Waals surface area contributed by atoms with Crippen LogP contribution in [0.5, 0.6) is 0 Å². The highest BCUT2D eigenvalue weighted by Crippen LogP contribution is 2.26. The van der Waals surface area contributed by atoms with Crippen LogP contribution in [-0.4, -0.2) is 21.7 Å². The van der Waals surface area contributed by atoms with E-state index in [1.807, 2.05) is 36.5 Å². The molecular weight excluding hydrogens is 276 g/mol. The Labute approximate surface area is 130 Å². The molecule has 5 heteroatoms. The first-order valence-electron chi connectivity index (χ1n) is 7.90. The second-order valence-corrected chi connectivity index (χ2v) is 5.91. The number of carbonyl (C=O) groups excluding carboxylic acids is 1. The predicted molar refractivity (Wildman–Crippen MR) is 86.7 cm³/mol. The Balaban J connectivity index is 1.67. The third kappa shape index (κ3) is 3.36. The third-order valence-corrected chi connectivity index (χ3v) is 4.34. The maximum atomic E-state index is 12.4. The van der Waals surface area contributed by atoms with Gasteiger partial charge in [-0.05, 0) is 43.0 Å². The van der Waals surface area contributed by atoms with Crippen LogP contribution in [0.4, 0.5) is 5.69 Å². The minimum absolute atomic E-state index is 0.0930. The van der Waals surface area contributed by atoms with E-state index in [2.05, 4.69) is 10.4 Å². The second kappa shape index (κ2) is 6.75. The summed E-state index contributed by atoms with van der Waals surface area (Å²) in [5.74, 6) is 0.215. The van der Waals surface area contributed by atoms with Gasteiger partial charge in [-0.1, -0.05) is 25.3 Å². The van der Waals surface area contributed by atoms with Crippen molar-refractivity contribution in [1.82, 2.24) is 9.78 Å². The standard InChI is InChI=1S/C17H22N4O/c18-16(13-6-2-1-3-7-13)17(22)20-14-8-4-9-15(12-14)21-11-5-10-19-21/h4-5,8-13,16H,1-3,6-7,18H2,(H,20,22)/t16-/m0/s1. The maximum absolute atomic E-state index is 12.4. The van der Waals surface area contributed by atoms with E-state index in [-0.39, 0.29) is 5.91 Å². The smallest absolute Gasteiger partial charge is 0.241 e. The van der Waals surface area contributed by atoms with Gasteiger partial charge in [-0.25, -0.2) is 4.68 Å². The largest absolute Gasteiger partial charge is 0.325 e. The lowest BCUT2D eigenvalue weighted by atomic mass is 9.84. The Morgan fingerprint density at radius 3 is 2.82 bits per heavy atom. The number of amides is 1. The molecule has 0 spiro atoms. The second-order valence-electron chi connectivity index (χ2n) is 5.91. The van der Waals surface area contributed by atoms with Gasteiger partial charge in [0.25, 0.3) is 0 Å². The van der Waals surface area contributed by atoms with E-state index in [9.17, 15) is 4.79 Å². The van der Waals surface area contributed by atoms with Crippen molar-refractivity contribution in [2.45, 2.75) is 38.1 Å². The molecule has 22 heavy (non-hydrogen) atoms. The van der Waals surface area contributed by atoms with Gasteiger partial charge in [-0.2, -0.15) is 5.10 Å². The van der Waals surface area contributed by atoms with E-state index >= 15 is 0 Å². The summed E-state index contributed by atoms with van der Waals surface area (Å²) in [6.45, 7) is 0. The van der Waals surface area contributed by atoms with Crippen molar-refractivity contribution in [2.75, 3.05) is 5.32 Å². The summed E-state index contributed by atoms with van der Waals surface area (Å²) in [6.07, 6.45) is 9.33. The first-order chi connectivity index (χ1) is 10.7. The average molecular weight is 298 g/mol. The summed E-state index contributed by atoms with van der Waals surface area (Å²) in [5.41, 5.74) is 7.81. The molecule has 0 unspecified atom stereocenters. The molecule has 1 aliphatic carbocycles. The van der Waals surface area contributed by atoms with Crippen molar-refractivity contribution >= 4 is 11.6 Å². The van der Waals surface area contributed by atoms with Crippen LogP contribution in [0.25, 0.3) is 5.69 Å². The van der Waals surface area contributed by atoms with Crippen molar-refractivity contribution in [3.8, 4) is 5.69 Å². The number of nitrogens with one attached hydrogen (secondary N) is 1. The first kappa shape index (κ1) is 14.8.